The molecule has 1 amide bonds. The monoisotopic (exact) mass is 403 g/mol. The number of amides is 1. The molecular formula is C21H17N5O2S. The number of rotatable bonds is 4. The molecule has 8 heteroatoms. The Balaban J connectivity index is 1.60. The third-order valence-corrected chi connectivity index (χ3v) is 5.78. The minimum absolute atomic E-state index is 0.143. The lowest BCUT2D eigenvalue weighted by Gasteiger charge is -2.09. The van der Waals surface area contributed by atoms with Crippen LogP contribution in [-0.4, -0.2) is 25.7 Å². The van der Waals surface area contributed by atoms with Gasteiger partial charge < -0.3 is 5.32 Å². The average molecular weight is 403 g/mol. The second-order valence-electron chi connectivity index (χ2n) is 6.79. The fourth-order valence-corrected chi connectivity index (χ4v) is 4.16. The Hall–Kier alpha value is -3.52. The highest BCUT2D eigenvalue weighted by Gasteiger charge is 2.21. The quantitative estimate of drug-likeness (QED) is 0.546. The fourth-order valence-electron chi connectivity index (χ4n) is 3.48. The first-order valence-electron chi connectivity index (χ1n) is 9.32. The smallest absolute Gasteiger partial charge is 0.256 e. The predicted molar refractivity (Wildman–Crippen MR) is 112 cm³/mol. The Morgan fingerprint density at radius 3 is 2.79 bits per heavy atom. The molecule has 144 valence electrons. The number of carbonyl (C=O) groups excluding carboxylic acids is 1. The molecule has 0 spiro atoms. The molecule has 0 aliphatic heterocycles. The number of fused-ring (bicyclic) bond motifs is 1. The molecule has 0 fully saturated rings. The Morgan fingerprint density at radius 1 is 1.14 bits per heavy atom. The van der Waals surface area contributed by atoms with Crippen molar-refractivity contribution in [3.63, 3.8) is 0 Å². The molecule has 0 bridgehead atoms. The van der Waals surface area contributed by atoms with Gasteiger partial charge in [-0.05, 0) is 42.8 Å². The van der Waals surface area contributed by atoms with Gasteiger partial charge in [0.05, 0.1) is 10.6 Å². The summed E-state index contributed by atoms with van der Waals surface area (Å²) in [6, 6.07) is 14.6. The van der Waals surface area contributed by atoms with Crippen LogP contribution in [0.15, 0.2) is 58.7 Å². The molecule has 0 radical (unpaired) electrons. The maximum atomic E-state index is 12.7. The van der Waals surface area contributed by atoms with Crippen molar-refractivity contribution in [3.05, 3.63) is 81.1 Å². The molecule has 1 aliphatic carbocycles. The molecule has 2 N–H and O–H groups in total. The van der Waals surface area contributed by atoms with Gasteiger partial charge in [-0.3, -0.25) is 14.6 Å². The van der Waals surface area contributed by atoms with Crippen LogP contribution >= 0.6 is 11.3 Å². The summed E-state index contributed by atoms with van der Waals surface area (Å²) in [6.45, 7) is 0. The zero-order chi connectivity index (χ0) is 19.8. The third kappa shape index (κ3) is 3.27. The van der Waals surface area contributed by atoms with Gasteiger partial charge >= 0.3 is 0 Å². The van der Waals surface area contributed by atoms with Crippen molar-refractivity contribution >= 4 is 23.1 Å². The van der Waals surface area contributed by atoms with Crippen molar-refractivity contribution in [2.75, 3.05) is 5.32 Å². The summed E-state index contributed by atoms with van der Waals surface area (Å²) in [6.07, 6.45) is 2.44. The zero-order valence-electron chi connectivity index (χ0n) is 15.4. The Labute approximate surface area is 170 Å². The van der Waals surface area contributed by atoms with Crippen LogP contribution in [0, 0.1) is 0 Å². The van der Waals surface area contributed by atoms with Crippen LogP contribution in [0.3, 0.4) is 0 Å². The van der Waals surface area contributed by atoms with Crippen LogP contribution in [0.2, 0.25) is 0 Å². The van der Waals surface area contributed by atoms with Crippen molar-refractivity contribution in [1.82, 2.24) is 19.7 Å². The van der Waals surface area contributed by atoms with Crippen molar-refractivity contribution in [3.8, 4) is 16.5 Å². The summed E-state index contributed by atoms with van der Waals surface area (Å²) in [5.41, 5.74) is 2.64. The molecule has 5 rings (SSSR count). The van der Waals surface area contributed by atoms with Crippen LogP contribution in [0.1, 0.15) is 28.0 Å². The van der Waals surface area contributed by atoms with E-state index in [1.807, 2.05) is 35.7 Å². The Morgan fingerprint density at radius 2 is 2.00 bits per heavy atom. The normalized spacial score (nSPS) is 12.7. The van der Waals surface area contributed by atoms with Gasteiger partial charge in [0.25, 0.3) is 11.5 Å². The predicted octanol–water partition coefficient (Wildman–Crippen LogP) is 3.43. The number of aromatic amines is 1. The first kappa shape index (κ1) is 17.6. The van der Waals surface area contributed by atoms with E-state index < -0.39 is 0 Å². The van der Waals surface area contributed by atoms with Gasteiger partial charge in [-0.2, -0.15) is 9.78 Å². The lowest BCUT2D eigenvalue weighted by atomic mass is 10.2. The zero-order valence-corrected chi connectivity index (χ0v) is 16.2. The van der Waals surface area contributed by atoms with E-state index >= 15 is 0 Å². The van der Waals surface area contributed by atoms with Gasteiger partial charge in [0.1, 0.15) is 11.5 Å². The van der Waals surface area contributed by atoms with E-state index in [2.05, 4.69) is 20.4 Å². The first-order valence-corrected chi connectivity index (χ1v) is 10.2. The summed E-state index contributed by atoms with van der Waals surface area (Å²) in [5.74, 6) is 0.498. The van der Waals surface area contributed by atoms with E-state index in [-0.39, 0.29) is 11.5 Å². The maximum absolute atomic E-state index is 12.7. The largest absolute Gasteiger partial charge is 0.306 e. The molecule has 29 heavy (non-hydrogen) atoms. The van der Waals surface area contributed by atoms with Crippen molar-refractivity contribution in [2.24, 2.45) is 0 Å². The minimum atomic E-state index is -0.256. The van der Waals surface area contributed by atoms with Crippen LogP contribution < -0.4 is 10.9 Å². The average Bonchev–Trinajstić information content (AvgIpc) is 3.49. The molecule has 3 aromatic heterocycles. The van der Waals surface area contributed by atoms with Crippen molar-refractivity contribution in [1.29, 1.82) is 0 Å². The van der Waals surface area contributed by atoms with E-state index in [1.54, 1.807) is 29.5 Å². The van der Waals surface area contributed by atoms with E-state index in [4.69, 9.17) is 0 Å². The lowest BCUT2D eigenvalue weighted by molar-refractivity contribution is 0.102. The topological polar surface area (TPSA) is 92.7 Å². The number of carbonyl (C=O) groups is 1. The number of nitrogens with one attached hydrogen (secondary N) is 2. The van der Waals surface area contributed by atoms with E-state index in [1.165, 1.54) is 4.68 Å². The molecule has 1 aromatic carbocycles. The van der Waals surface area contributed by atoms with E-state index in [0.29, 0.717) is 23.0 Å². The Kier molecular flexibility index (Phi) is 4.33. The van der Waals surface area contributed by atoms with Gasteiger partial charge in [0, 0.05) is 17.2 Å². The minimum Gasteiger partial charge on any atom is -0.306 e. The number of aromatic nitrogens is 4. The van der Waals surface area contributed by atoms with Gasteiger partial charge in [-0.25, -0.2) is 4.98 Å². The number of anilines is 1. The number of nitrogens with zero attached hydrogens (tertiary/aromatic N) is 3. The molecular weight excluding hydrogens is 386 g/mol. The summed E-state index contributed by atoms with van der Waals surface area (Å²) in [5, 5.41) is 9.48. The van der Waals surface area contributed by atoms with Gasteiger partial charge in [-0.15, -0.1) is 11.3 Å². The summed E-state index contributed by atoms with van der Waals surface area (Å²) in [4.78, 5) is 33.6. The van der Waals surface area contributed by atoms with Gasteiger partial charge in [-0.1, -0.05) is 24.3 Å². The lowest BCUT2D eigenvalue weighted by Crippen LogP contribution is -2.21. The molecule has 3 heterocycles. The van der Waals surface area contributed by atoms with Gasteiger partial charge in [0.15, 0.2) is 0 Å². The van der Waals surface area contributed by atoms with Gasteiger partial charge in [0.2, 0.25) is 5.95 Å². The third-order valence-electron chi connectivity index (χ3n) is 4.89. The molecule has 0 saturated heterocycles. The highest BCUT2D eigenvalue weighted by Crippen LogP contribution is 2.28. The molecule has 0 atom stereocenters. The highest BCUT2D eigenvalue weighted by atomic mass is 32.1. The number of hydrogen-bond acceptors (Lipinski definition) is 5. The van der Waals surface area contributed by atoms with Crippen LogP contribution in [0.5, 0.6) is 0 Å². The summed E-state index contributed by atoms with van der Waals surface area (Å²) >= 11 is 1.55. The fraction of sp³-hybridized carbons (Fsp3) is 0.143. The number of H-pyrrole nitrogens is 1. The molecule has 1 aliphatic rings. The SMILES string of the molecule is O=C(Nc1cc(-c2cccs2)nn1-c1nc2c(c(=O)[nH]1)CCC2)c1ccccc1. The van der Waals surface area contributed by atoms with E-state index in [0.717, 1.165) is 35.4 Å². The van der Waals surface area contributed by atoms with Crippen LogP contribution in [0.25, 0.3) is 16.5 Å². The van der Waals surface area contributed by atoms with Crippen LogP contribution in [-0.2, 0) is 12.8 Å². The van der Waals surface area contributed by atoms with Crippen LogP contribution in [0.4, 0.5) is 5.82 Å². The number of thiophene rings is 1. The molecule has 0 saturated carbocycles. The molecule has 7 nitrogen and oxygen atoms in total. The maximum Gasteiger partial charge on any atom is 0.256 e. The standard InChI is InChI=1S/C21H17N5O2S/c27-19(13-6-2-1-3-7-13)23-18-12-16(17-10-5-11-29-17)25-26(18)21-22-15-9-4-8-14(15)20(28)24-21/h1-3,5-7,10-12H,4,8-9H2,(H,23,27)(H,22,24,28). The second-order valence-corrected chi connectivity index (χ2v) is 7.74. The van der Waals surface area contributed by atoms with Crippen molar-refractivity contribution in [2.45, 2.75) is 19.3 Å². The second kappa shape index (κ2) is 7.14. The summed E-state index contributed by atoms with van der Waals surface area (Å²) < 4.78 is 1.50. The molecule has 4 aromatic rings. The van der Waals surface area contributed by atoms with Crippen molar-refractivity contribution < 1.29 is 4.79 Å². The Bertz CT molecular complexity index is 1240. The number of hydrogen-bond donors (Lipinski definition) is 2. The number of aryl methyl sites for hydroxylation is 1. The molecule has 0 unspecified atom stereocenters. The summed E-state index contributed by atoms with van der Waals surface area (Å²) in [7, 11) is 0. The first-order chi connectivity index (χ1) is 14.2. The highest BCUT2D eigenvalue weighted by molar-refractivity contribution is 7.13. The van der Waals surface area contributed by atoms with E-state index in [9.17, 15) is 9.59 Å². The number of benzene rings is 1.